The highest BCUT2D eigenvalue weighted by Gasteiger charge is 2.20. The second-order valence-electron chi connectivity index (χ2n) is 6.97. The van der Waals surface area contributed by atoms with Crippen molar-refractivity contribution in [1.29, 1.82) is 0 Å². The number of carboxylic acids is 1. The van der Waals surface area contributed by atoms with Crippen molar-refractivity contribution < 1.29 is 14.7 Å². The number of benzene rings is 2. The molecular formula is C22H26N2O3. The number of amides is 1. The minimum absolute atomic E-state index is 0.0568. The largest absolute Gasteiger partial charge is 0.481 e. The van der Waals surface area contributed by atoms with Gasteiger partial charge in [0, 0.05) is 37.9 Å². The molecule has 0 radical (unpaired) electrons. The molecule has 2 aromatic carbocycles. The summed E-state index contributed by atoms with van der Waals surface area (Å²) in [7, 11) is 1.74. The van der Waals surface area contributed by atoms with Crippen LogP contribution in [0.2, 0.25) is 0 Å². The third-order valence-electron chi connectivity index (χ3n) is 5.08. The summed E-state index contributed by atoms with van der Waals surface area (Å²) in [5.41, 5.74) is 5.17. The summed E-state index contributed by atoms with van der Waals surface area (Å²) in [6.45, 7) is 1.42. The molecule has 0 fully saturated rings. The fraction of sp³-hybridized carbons (Fsp3) is 0.364. The van der Waals surface area contributed by atoms with Crippen molar-refractivity contribution >= 4 is 23.3 Å². The van der Waals surface area contributed by atoms with Crippen LogP contribution < -0.4 is 4.90 Å². The summed E-state index contributed by atoms with van der Waals surface area (Å²) in [6, 6.07) is 17.0. The second kappa shape index (κ2) is 8.71. The van der Waals surface area contributed by atoms with Gasteiger partial charge in [0.05, 0.1) is 6.42 Å². The first kappa shape index (κ1) is 19.0. The number of fused-ring (bicyclic) bond motifs is 2. The molecule has 5 nitrogen and oxygen atoms in total. The molecule has 0 saturated carbocycles. The minimum atomic E-state index is -0.936. The van der Waals surface area contributed by atoms with Gasteiger partial charge in [-0.2, -0.15) is 0 Å². The first-order valence-corrected chi connectivity index (χ1v) is 9.45. The van der Waals surface area contributed by atoms with Crippen LogP contribution in [-0.4, -0.2) is 42.0 Å². The molecule has 5 heteroatoms. The molecule has 2 aromatic rings. The van der Waals surface area contributed by atoms with Crippen molar-refractivity contribution in [3.63, 3.8) is 0 Å². The van der Waals surface area contributed by atoms with Crippen LogP contribution in [0.4, 0.5) is 11.4 Å². The number of hydrogen-bond acceptors (Lipinski definition) is 3. The summed E-state index contributed by atoms with van der Waals surface area (Å²) in [6.07, 6.45) is 2.81. The van der Waals surface area contributed by atoms with E-state index in [1.54, 1.807) is 11.9 Å². The molecule has 0 bridgehead atoms. The van der Waals surface area contributed by atoms with Gasteiger partial charge in [-0.15, -0.1) is 0 Å². The van der Waals surface area contributed by atoms with Crippen LogP contribution in [0.5, 0.6) is 0 Å². The number of anilines is 2. The number of nitrogens with zero attached hydrogens (tertiary/aromatic N) is 2. The average molecular weight is 366 g/mol. The molecule has 1 N–H and O–H groups in total. The van der Waals surface area contributed by atoms with Gasteiger partial charge in [-0.1, -0.05) is 36.4 Å². The van der Waals surface area contributed by atoms with Crippen molar-refractivity contribution in [2.75, 3.05) is 25.0 Å². The first-order valence-electron chi connectivity index (χ1n) is 9.45. The van der Waals surface area contributed by atoms with Gasteiger partial charge in [-0.25, -0.2) is 0 Å². The molecule has 0 saturated heterocycles. The van der Waals surface area contributed by atoms with E-state index in [1.165, 1.54) is 22.5 Å². The number of carboxylic acid groups (broad SMARTS) is 1. The highest BCUT2D eigenvalue weighted by molar-refractivity contribution is 5.80. The quantitative estimate of drug-likeness (QED) is 0.813. The Kier molecular flexibility index (Phi) is 6.12. The third-order valence-corrected chi connectivity index (χ3v) is 5.08. The Balaban J connectivity index is 1.69. The van der Waals surface area contributed by atoms with Gasteiger partial charge in [0.25, 0.3) is 0 Å². The summed E-state index contributed by atoms with van der Waals surface area (Å²) >= 11 is 0. The van der Waals surface area contributed by atoms with E-state index >= 15 is 0 Å². The second-order valence-corrected chi connectivity index (χ2v) is 6.97. The van der Waals surface area contributed by atoms with Crippen LogP contribution >= 0.6 is 0 Å². The molecule has 3 rings (SSSR count). The fourth-order valence-corrected chi connectivity index (χ4v) is 3.61. The van der Waals surface area contributed by atoms with Gasteiger partial charge in [0.2, 0.25) is 5.91 Å². The Labute approximate surface area is 160 Å². The predicted molar refractivity (Wildman–Crippen MR) is 106 cm³/mol. The molecule has 0 unspecified atom stereocenters. The summed E-state index contributed by atoms with van der Waals surface area (Å²) in [4.78, 5) is 26.7. The van der Waals surface area contributed by atoms with Gasteiger partial charge in [0.15, 0.2) is 0 Å². The number of para-hydroxylation sites is 2. The van der Waals surface area contributed by atoms with Crippen molar-refractivity contribution in [2.45, 2.75) is 32.1 Å². The van der Waals surface area contributed by atoms with Crippen molar-refractivity contribution in [2.24, 2.45) is 0 Å². The molecule has 1 amide bonds. The minimum Gasteiger partial charge on any atom is -0.481 e. The van der Waals surface area contributed by atoms with E-state index in [1.807, 2.05) is 0 Å². The molecule has 1 aliphatic rings. The highest BCUT2D eigenvalue weighted by atomic mass is 16.4. The van der Waals surface area contributed by atoms with Gasteiger partial charge in [-0.3, -0.25) is 9.59 Å². The Hall–Kier alpha value is -2.82. The van der Waals surface area contributed by atoms with Gasteiger partial charge >= 0.3 is 5.97 Å². The Morgan fingerprint density at radius 3 is 2.07 bits per heavy atom. The first-order chi connectivity index (χ1) is 13.1. The number of hydrogen-bond donors (Lipinski definition) is 1. The summed E-state index contributed by atoms with van der Waals surface area (Å²) in [5.74, 6) is -1.05. The maximum Gasteiger partial charge on any atom is 0.303 e. The van der Waals surface area contributed by atoms with E-state index < -0.39 is 5.97 Å². The van der Waals surface area contributed by atoms with E-state index in [0.29, 0.717) is 6.54 Å². The molecular weight excluding hydrogens is 340 g/mol. The summed E-state index contributed by atoms with van der Waals surface area (Å²) < 4.78 is 0. The Morgan fingerprint density at radius 2 is 1.52 bits per heavy atom. The van der Waals surface area contributed by atoms with E-state index in [0.717, 1.165) is 25.8 Å². The molecule has 1 aliphatic heterocycles. The van der Waals surface area contributed by atoms with Crippen LogP contribution in [0.15, 0.2) is 48.5 Å². The lowest BCUT2D eigenvalue weighted by molar-refractivity contribution is -0.140. The third kappa shape index (κ3) is 4.67. The molecule has 0 aromatic heterocycles. The SMILES string of the molecule is CN(CCCN1c2ccccc2CCc2ccccc21)C(=O)CCC(=O)O. The normalized spacial score (nSPS) is 12.7. The molecule has 0 aliphatic carbocycles. The molecule has 142 valence electrons. The monoisotopic (exact) mass is 366 g/mol. The molecule has 1 heterocycles. The van der Waals surface area contributed by atoms with Crippen molar-refractivity contribution in [3.05, 3.63) is 59.7 Å². The number of aliphatic carboxylic acids is 1. The molecule has 27 heavy (non-hydrogen) atoms. The van der Waals surface area contributed by atoms with E-state index in [-0.39, 0.29) is 18.7 Å². The van der Waals surface area contributed by atoms with Gasteiger partial charge < -0.3 is 14.9 Å². The maximum atomic E-state index is 12.0. The van der Waals surface area contributed by atoms with Crippen molar-refractivity contribution in [1.82, 2.24) is 4.90 Å². The zero-order valence-electron chi connectivity index (χ0n) is 15.7. The number of rotatable bonds is 7. The van der Waals surface area contributed by atoms with E-state index in [9.17, 15) is 9.59 Å². The lowest BCUT2D eigenvalue weighted by Crippen LogP contribution is -2.30. The number of aryl methyl sites for hydroxylation is 2. The van der Waals surface area contributed by atoms with Crippen LogP contribution in [0, 0.1) is 0 Å². The average Bonchev–Trinajstić information content (AvgIpc) is 2.83. The predicted octanol–water partition coefficient (Wildman–Crippen LogP) is 3.64. The van der Waals surface area contributed by atoms with Crippen LogP contribution in [0.3, 0.4) is 0 Å². The zero-order valence-corrected chi connectivity index (χ0v) is 15.7. The van der Waals surface area contributed by atoms with Gasteiger partial charge in [0.1, 0.15) is 0 Å². The lowest BCUT2D eigenvalue weighted by Gasteiger charge is -2.28. The van der Waals surface area contributed by atoms with Crippen LogP contribution in [0.25, 0.3) is 0 Å². The summed E-state index contributed by atoms with van der Waals surface area (Å²) in [5, 5.41) is 8.73. The topological polar surface area (TPSA) is 60.9 Å². The van der Waals surface area contributed by atoms with Crippen LogP contribution in [-0.2, 0) is 22.4 Å². The number of carbonyl (C=O) groups is 2. The highest BCUT2D eigenvalue weighted by Crippen LogP contribution is 2.35. The van der Waals surface area contributed by atoms with Crippen molar-refractivity contribution in [3.8, 4) is 0 Å². The van der Waals surface area contributed by atoms with E-state index in [2.05, 4.69) is 53.4 Å². The number of carbonyl (C=O) groups excluding carboxylic acids is 1. The zero-order chi connectivity index (χ0) is 19.2. The maximum absolute atomic E-state index is 12.0. The molecule has 0 spiro atoms. The standard InChI is InChI=1S/C22H26N2O3/c1-23(21(25)13-14-22(26)27)15-6-16-24-19-9-4-2-7-17(19)11-12-18-8-3-5-10-20(18)24/h2-5,7-10H,6,11-16H2,1H3,(H,26,27). The van der Waals surface area contributed by atoms with Crippen LogP contribution in [0.1, 0.15) is 30.4 Å². The van der Waals surface area contributed by atoms with E-state index in [4.69, 9.17) is 5.11 Å². The van der Waals surface area contributed by atoms with Gasteiger partial charge in [-0.05, 0) is 42.5 Å². The Morgan fingerprint density at radius 1 is 0.963 bits per heavy atom. The fourth-order valence-electron chi connectivity index (χ4n) is 3.61. The smallest absolute Gasteiger partial charge is 0.303 e. The lowest BCUT2D eigenvalue weighted by atomic mass is 10.0. The molecule has 0 atom stereocenters. The Bertz CT molecular complexity index is 771.